The van der Waals surface area contributed by atoms with Crippen LogP contribution in [-0.4, -0.2) is 23.1 Å². The number of H-pyrrole nitrogens is 1. The van der Waals surface area contributed by atoms with Crippen LogP contribution in [0.1, 0.15) is 31.3 Å². The van der Waals surface area contributed by atoms with Crippen LogP contribution in [0.25, 0.3) is 0 Å². The van der Waals surface area contributed by atoms with Crippen LogP contribution in [-0.2, 0) is 12.8 Å². The Morgan fingerprint density at radius 3 is 3.14 bits per heavy atom. The molecule has 0 aliphatic carbocycles. The smallest absolute Gasteiger partial charge is 0.106 e. The summed E-state index contributed by atoms with van der Waals surface area (Å²) < 4.78 is 0. The summed E-state index contributed by atoms with van der Waals surface area (Å²) in [4.78, 5) is 7.77. The van der Waals surface area contributed by atoms with Gasteiger partial charge in [-0.3, -0.25) is 0 Å². The van der Waals surface area contributed by atoms with Gasteiger partial charge in [0.15, 0.2) is 0 Å². The Hall–Kier alpha value is -0.830. The number of hydrogen-bond donors (Lipinski definition) is 2. The molecule has 0 spiro atoms. The summed E-state index contributed by atoms with van der Waals surface area (Å²) >= 11 is 0. The average Bonchev–Trinajstić information content (AvgIpc) is 2.67. The van der Waals surface area contributed by atoms with Gasteiger partial charge in [-0.15, -0.1) is 0 Å². The molecule has 1 aliphatic heterocycles. The van der Waals surface area contributed by atoms with E-state index in [9.17, 15) is 0 Å². The minimum Gasteiger partial charge on any atom is -0.346 e. The van der Waals surface area contributed by atoms with Crippen LogP contribution in [0.4, 0.5) is 0 Å². The lowest BCUT2D eigenvalue weighted by molar-refractivity contribution is 0.371. The molecule has 0 bridgehead atoms. The van der Waals surface area contributed by atoms with Crippen molar-refractivity contribution in [2.24, 2.45) is 5.92 Å². The molecule has 0 radical (unpaired) electrons. The summed E-state index contributed by atoms with van der Waals surface area (Å²) in [5.74, 6) is 1.94. The Balaban J connectivity index is 1.89. The number of aryl methyl sites for hydroxylation is 1. The molecule has 2 heterocycles. The number of hydrogen-bond acceptors (Lipinski definition) is 2. The number of nitrogens with one attached hydrogen (secondary N) is 2. The summed E-state index contributed by atoms with van der Waals surface area (Å²) in [5, 5.41) is 3.43. The van der Waals surface area contributed by atoms with Gasteiger partial charge < -0.3 is 10.3 Å². The number of nitrogens with zero attached hydrogens (tertiary/aromatic N) is 1. The second kappa shape index (κ2) is 4.60. The summed E-state index contributed by atoms with van der Waals surface area (Å²) in [6, 6.07) is 0. The first-order chi connectivity index (χ1) is 6.88. The van der Waals surface area contributed by atoms with Crippen LogP contribution < -0.4 is 5.32 Å². The van der Waals surface area contributed by atoms with Crippen molar-refractivity contribution in [1.29, 1.82) is 0 Å². The van der Waals surface area contributed by atoms with Crippen LogP contribution >= 0.6 is 0 Å². The Morgan fingerprint density at radius 2 is 2.50 bits per heavy atom. The van der Waals surface area contributed by atoms with Crippen molar-refractivity contribution < 1.29 is 0 Å². The lowest BCUT2D eigenvalue weighted by Gasteiger charge is -2.21. The third-order valence-corrected chi connectivity index (χ3v) is 2.94. The molecular weight excluding hydrogens is 174 g/mol. The predicted molar refractivity (Wildman–Crippen MR) is 57.3 cm³/mol. The largest absolute Gasteiger partial charge is 0.346 e. The van der Waals surface area contributed by atoms with Crippen LogP contribution in [0, 0.1) is 5.92 Å². The second-order valence-electron chi connectivity index (χ2n) is 4.13. The maximum atomic E-state index is 4.40. The van der Waals surface area contributed by atoms with Gasteiger partial charge in [-0.1, -0.05) is 6.92 Å². The highest BCUT2D eigenvalue weighted by Crippen LogP contribution is 2.14. The van der Waals surface area contributed by atoms with E-state index in [1.165, 1.54) is 25.1 Å². The standard InChI is InChI=1S/C11H19N3/c1-2-10-8-13-11(14-10)6-9-4-3-5-12-7-9/h8-9,12H,2-7H2,1H3,(H,13,14). The van der Waals surface area contributed by atoms with Crippen LogP contribution in [0.15, 0.2) is 6.20 Å². The molecule has 0 amide bonds. The number of aromatic amines is 1. The Kier molecular flexibility index (Phi) is 3.19. The predicted octanol–water partition coefficient (Wildman–Crippen LogP) is 1.51. The summed E-state index contributed by atoms with van der Waals surface area (Å²) in [6.07, 6.45) is 6.77. The second-order valence-corrected chi connectivity index (χ2v) is 4.13. The van der Waals surface area contributed by atoms with E-state index in [4.69, 9.17) is 0 Å². The molecule has 1 aromatic rings. The van der Waals surface area contributed by atoms with Gasteiger partial charge in [0.25, 0.3) is 0 Å². The average molecular weight is 193 g/mol. The number of piperidine rings is 1. The normalized spacial score (nSPS) is 22.5. The first kappa shape index (κ1) is 9.71. The fourth-order valence-corrected chi connectivity index (χ4v) is 2.06. The summed E-state index contributed by atoms with van der Waals surface area (Å²) in [7, 11) is 0. The maximum Gasteiger partial charge on any atom is 0.106 e. The van der Waals surface area contributed by atoms with Crippen molar-refractivity contribution in [1.82, 2.24) is 15.3 Å². The van der Waals surface area contributed by atoms with E-state index in [1.54, 1.807) is 0 Å². The summed E-state index contributed by atoms with van der Waals surface area (Å²) in [6.45, 7) is 4.50. The molecule has 0 aromatic carbocycles. The van der Waals surface area contributed by atoms with Gasteiger partial charge in [0.2, 0.25) is 0 Å². The van der Waals surface area contributed by atoms with Crippen LogP contribution in [0.5, 0.6) is 0 Å². The maximum absolute atomic E-state index is 4.40. The Labute approximate surface area is 85.3 Å². The number of imidazole rings is 1. The molecule has 1 saturated heterocycles. The zero-order valence-electron chi connectivity index (χ0n) is 8.84. The lowest BCUT2D eigenvalue weighted by Crippen LogP contribution is -2.31. The van der Waals surface area contributed by atoms with E-state index in [0.717, 1.165) is 31.1 Å². The van der Waals surface area contributed by atoms with Gasteiger partial charge in [0.1, 0.15) is 5.82 Å². The zero-order valence-corrected chi connectivity index (χ0v) is 8.84. The molecule has 1 unspecified atom stereocenters. The molecule has 1 aromatic heterocycles. The highest BCUT2D eigenvalue weighted by atomic mass is 14.9. The molecule has 14 heavy (non-hydrogen) atoms. The minimum atomic E-state index is 0.777. The van der Waals surface area contributed by atoms with E-state index in [1.807, 2.05) is 6.20 Å². The van der Waals surface area contributed by atoms with Crippen molar-refractivity contribution in [3.05, 3.63) is 17.7 Å². The van der Waals surface area contributed by atoms with Crippen LogP contribution in [0.2, 0.25) is 0 Å². The minimum absolute atomic E-state index is 0.777. The molecule has 0 saturated carbocycles. The number of rotatable bonds is 3. The van der Waals surface area contributed by atoms with Gasteiger partial charge in [-0.05, 0) is 38.3 Å². The lowest BCUT2D eigenvalue weighted by atomic mass is 9.96. The summed E-state index contributed by atoms with van der Waals surface area (Å²) in [5.41, 5.74) is 1.25. The molecule has 1 fully saturated rings. The SMILES string of the molecule is CCc1cnc(CC2CCCNC2)[nH]1. The third-order valence-electron chi connectivity index (χ3n) is 2.94. The third kappa shape index (κ3) is 2.35. The molecule has 1 atom stereocenters. The van der Waals surface area contributed by atoms with E-state index < -0.39 is 0 Å². The van der Waals surface area contributed by atoms with Crippen molar-refractivity contribution in [2.75, 3.05) is 13.1 Å². The Bertz CT molecular complexity index is 274. The first-order valence-electron chi connectivity index (χ1n) is 5.62. The van der Waals surface area contributed by atoms with Crippen molar-refractivity contribution in [3.8, 4) is 0 Å². The van der Waals surface area contributed by atoms with Gasteiger partial charge in [0, 0.05) is 18.3 Å². The van der Waals surface area contributed by atoms with Crippen molar-refractivity contribution in [2.45, 2.75) is 32.6 Å². The molecule has 78 valence electrons. The number of aromatic nitrogens is 2. The van der Waals surface area contributed by atoms with Crippen LogP contribution in [0.3, 0.4) is 0 Å². The Morgan fingerprint density at radius 1 is 1.57 bits per heavy atom. The molecule has 3 nitrogen and oxygen atoms in total. The van der Waals surface area contributed by atoms with E-state index in [-0.39, 0.29) is 0 Å². The molecule has 2 rings (SSSR count). The molecule has 1 aliphatic rings. The van der Waals surface area contributed by atoms with Crippen molar-refractivity contribution in [3.63, 3.8) is 0 Å². The fraction of sp³-hybridized carbons (Fsp3) is 0.727. The van der Waals surface area contributed by atoms with Gasteiger partial charge >= 0.3 is 0 Å². The molecular formula is C11H19N3. The quantitative estimate of drug-likeness (QED) is 0.764. The first-order valence-corrected chi connectivity index (χ1v) is 5.62. The van der Waals surface area contributed by atoms with E-state index in [2.05, 4.69) is 22.2 Å². The van der Waals surface area contributed by atoms with E-state index in [0.29, 0.717) is 0 Å². The van der Waals surface area contributed by atoms with Gasteiger partial charge in [0.05, 0.1) is 0 Å². The van der Waals surface area contributed by atoms with Crippen molar-refractivity contribution >= 4 is 0 Å². The topological polar surface area (TPSA) is 40.7 Å². The van der Waals surface area contributed by atoms with E-state index >= 15 is 0 Å². The molecule has 3 heteroatoms. The molecule has 2 N–H and O–H groups in total. The van der Waals surface area contributed by atoms with Gasteiger partial charge in [-0.25, -0.2) is 4.98 Å². The fourth-order valence-electron chi connectivity index (χ4n) is 2.06. The monoisotopic (exact) mass is 193 g/mol. The highest BCUT2D eigenvalue weighted by molar-refractivity contribution is 5.01. The van der Waals surface area contributed by atoms with Gasteiger partial charge in [-0.2, -0.15) is 0 Å². The zero-order chi connectivity index (χ0) is 9.80. The highest BCUT2D eigenvalue weighted by Gasteiger charge is 2.14.